The van der Waals surface area contributed by atoms with Gasteiger partial charge in [0.25, 0.3) is 5.91 Å². The highest BCUT2D eigenvalue weighted by atomic mass is 19.1. The Hall–Kier alpha value is -2.31. The zero-order valence-corrected chi connectivity index (χ0v) is 11.6. The molecule has 20 heavy (non-hydrogen) atoms. The third-order valence-corrected chi connectivity index (χ3v) is 2.91. The number of carbonyl (C=O) groups excluding carboxylic acids is 1. The van der Waals surface area contributed by atoms with Crippen LogP contribution in [0.5, 0.6) is 5.75 Å². The standard InChI is InChI=1S/C13H18FN3O3/c1-8(12(15)16-19)7-17(2)13(18)9-4-5-10(14)11(6-9)20-3/h4-6,8,19H,7H2,1-3H3,(H2,15,16). The van der Waals surface area contributed by atoms with E-state index in [0.717, 1.165) is 0 Å². The van der Waals surface area contributed by atoms with Crippen LogP contribution in [0.15, 0.2) is 23.4 Å². The maximum atomic E-state index is 13.3. The topological polar surface area (TPSA) is 88.2 Å². The first-order valence-corrected chi connectivity index (χ1v) is 5.97. The fourth-order valence-corrected chi connectivity index (χ4v) is 1.70. The first-order chi connectivity index (χ1) is 9.40. The molecule has 3 N–H and O–H groups in total. The van der Waals surface area contributed by atoms with Gasteiger partial charge in [0.2, 0.25) is 0 Å². The van der Waals surface area contributed by atoms with Gasteiger partial charge in [-0.05, 0) is 18.2 Å². The van der Waals surface area contributed by atoms with E-state index >= 15 is 0 Å². The molecule has 0 aliphatic carbocycles. The summed E-state index contributed by atoms with van der Waals surface area (Å²) in [5.74, 6) is -1.08. The van der Waals surface area contributed by atoms with Crippen LogP contribution in [-0.2, 0) is 0 Å². The largest absolute Gasteiger partial charge is 0.494 e. The molecule has 6 nitrogen and oxygen atoms in total. The number of nitrogens with two attached hydrogens (primary N) is 1. The summed E-state index contributed by atoms with van der Waals surface area (Å²) >= 11 is 0. The Labute approximate surface area is 116 Å². The summed E-state index contributed by atoms with van der Waals surface area (Å²) in [6, 6.07) is 3.89. The first kappa shape index (κ1) is 15.7. The Kier molecular flexibility index (Phi) is 5.31. The van der Waals surface area contributed by atoms with Crippen molar-refractivity contribution in [3.8, 4) is 5.75 Å². The summed E-state index contributed by atoms with van der Waals surface area (Å²) in [6.07, 6.45) is 0. The number of amidine groups is 1. The van der Waals surface area contributed by atoms with E-state index in [9.17, 15) is 9.18 Å². The number of hydrogen-bond donors (Lipinski definition) is 2. The fourth-order valence-electron chi connectivity index (χ4n) is 1.70. The van der Waals surface area contributed by atoms with Gasteiger partial charge in [0.05, 0.1) is 7.11 Å². The Morgan fingerprint density at radius 1 is 1.60 bits per heavy atom. The molecule has 1 aromatic carbocycles. The lowest BCUT2D eigenvalue weighted by Gasteiger charge is -2.21. The van der Waals surface area contributed by atoms with Crippen molar-refractivity contribution < 1.29 is 19.1 Å². The molecule has 0 bridgehead atoms. The van der Waals surface area contributed by atoms with E-state index in [4.69, 9.17) is 15.7 Å². The highest BCUT2D eigenvalue weighted by molar-refractivity contribution is 5.95. The lowest BCUT2D eigenvalue weighted by Crippen LogP contribution is -2.36. The van der Waals surface area contributed by atoms with Crippen LogP contribution < -0.4 is 10.5 Å². The average Bonchev–Trinajstić information content (AvgIpc) is 2.45. The molecule has 0 heterocycles. The Morgan fingerprint density at radius 2 is 2.25 bits per heavy atom. The molecule has 0 spiro atoms. The van der Waals surface area contributed by atoms with E-state index in [1.807, 2.05) is 0 Å². The van der Waals surface area contributed by atoms with Crippen LogP contribution in [0.2, 0.25) is 0 Å². The number of nitrogens with zero attached hydrogens (tertiary/aromatic N) is 2. The number of amides is 1. The maximum Gasteiger partial charge on any atom is 0.253 e. The zero-order chi connectivity index (χ0) is 15.3. The maximum absolute atomic E-state index is 13.3. The summed E-state index contributed by atoms with van der Waals surface area (Å²) < 4.78 is 18.1. The molecule has 0 fully saturated rings. The number of benzene rings is 1. The van der Waals surface area contributed by atoms with Crippen LogP contribution in [0.25, 0.3) is 0 Å². The molecule has 7 heteroatoms. The van der Waals surface area contributed by atoms with Crippen LogP contribution in [-0.4, -0.2) is 42.6 Å². The van der Waals surface area contributed by atoms with Gasteiger partial charge < -0.3 is 20.6 Å². The summed E-state index contributed by atoms with van der Waals surface area (Å²) in [6.45, 7) is 2.00. The monoisotopic (exact) mass is 283 g/mol. The smallest absolute Gasteiger partial charge is 0.253 e. The van der Waals surface area contributed by atoms with E-state index in [1.54, 1.807) is 14.0 Å². The van der Waals surface area contributed by atoms with Crippen LogP contribution >= 0.6 is 0 Å². The molecular weight excluding hydrogens is 265 g/mol. The van der Waals surface area contributed by atoms with Gasteiger partial charge in [0, 0.05) is 25.1 Å². The van der Waals surface area contributed by atoms with Crippen molar-refractivity contribution in [2.24, 2.45) is 16.8 Å². The third kappa shape index (κ3) is 3.59. The van der Waals surface area contributed by atoms with Gasteiger partial charge in [-0.25, -0.2) is 4.39 Å². The van der Waals surface area contributed by atoms with Gasteiger partial charge in [-0.15, -0.1) is 0 Å². The number of oxime groups is 1. The van der Waals surface area contributed by atoms with Gasteiger partial charge >= 0.3 is 0 Å². The molecule has 1 unspecified atom stereocenters. The summed E-state index contributed by atoms with van der Waals surface area (Å²) in [7, 11) is 2.91. The quantitative estimate of drug-likeness (QED) is 0.369. The minimum Gasteiger partial charge on any atom is -0.494 e. The fraction of sp³-hybridized carbons (Fsp3) is 0.385. The van der Waals surface area contributed by atoms with E-state index in [-0.39, 0.29) is 30.0 Å². The van der Waals surface area contributed by atoms with Gasteiger partial charge in [-0.1, -0.05) is 12.1 Å². The van der Waals surface area contributed by atoms with Crippen molar-refractivity contribution in [2.75, 3.05) is 20.7 Å². The second-order valence-corrected chi connectivity index (χ2v) is 4.46. The average molecular weight is 283 g/mol. The summed E-state index contributed by atoms with van der Waals surface area (Å²) in [5.41, 5.74) is 5.76. The zero-order valence-electron chi connectivity index (χ0n) is 11.6. The second-order valence-electron chi connectivity index (χ2n) is 4.46. The minimum absolute atomic E-state index is 0.00809. The number of halogens is 1. The number of carbonyl (C=O) groups is 1. The minimum atomic E-state index is -0.531. The van der Waals surface area contributed by atoms with Crippen molar-refractivity contribution in [1.29, 1.82) is 0 Å². The Bertz CT molecular complexity index is 520. The van der Waals surface area contributed by atoms with Gasteiger partial charge in [-0.3, -0.25) is 4.79 Å². The van der Waals surface area contributed by atoms with E-state index < -0.39 is 5.82 Å². The highest BCUT2D eigenvalue weighted by Gasteiger charge is 2.18. The molecule has 1 amide bonds. The number of rotatable bonds is 5. The predicted molar refractivity (Wildman–Crippen MR) is 72.5 cm³/mol. The molecule has 0 aliphatic heterocycles. The second kappa shape index (κ2) is 6.74. The number of hydrogen-bond acceptors (Lipinski definition) is 4. The van der Waals surface area contributed by atoms with Gasteiger partial charge in [0.15, 0.2) is 11.6 Å². The molecule has 110 valence electrons. The molecule has 1 rings (SSSR count). The van der Waals surface area contributed by atoms with Crippen molar-refractivity contribution in [2.45, 2.75) is 6.92 Å². The lowest BCUT2D eigenvalue weighted by atomic mass is 10.1. The molecule has 0 aliphatic rings. The van der Waals surface area contributed by atoms with Crippen LogP contribution in [0.4, 0.5) is 4.39 Å². The first-order valence-electron chi connectivity index (χ1n) is 5.97. The molecule has 0 saturated carbocycles. The van der Waals surface area contributed by atoms with E-state index in [0.29, 0.717) is 5.56 Å². The number of methoxy groups -OCH3 is 1. The van der Waals surface area contributed by atoms with E-state index in [2.05, 4.69) is 5.16 Å². The predicted octanol–water partition coefficient (Wildman–Crippen LogP) is 1.29. The molecule has 1 aromatic rings. The van der Waals surface area contributed by atoms with Crippen LogP contribution in [0.1, 0.15) is 17.3 Å². The van der Waals surface area contributed by atoms with Gasteiger partial charge in [0.1, 0.15) is 5.84 Å². The Morgan fingerprint density at radius 3 is 2.80 bits per heavy atom. The van der Waals surface area contributed by atoms with Crippen molar-refractivity contribution in [3.63, 3.8) is 0 Å². The van der Waals surface area contributed by atoms with E-state index in [1.165, 1.54) is 30.2 Å². The molecule has 1 atom stereocenters. The van der Waals surface area contributed by atoms with Crippen molar-refractivity contribution >= 4 is 11.7 Å². The molecule has 0 aromatic heterocycles. The van der Waals surface area contributed by atoms with Crippen molar-refractivity contribution in [3.05, 3.63) is 29.6 Å². The van der Waals surface area contributed by atoms with Crippen molar-refractivity contribution in [1.82, 2.24) is 4.90 Å². The SMILES string of the molecule is COc1cc(C(=O)N(C)CC(C)/C(N)=N/O)ccc1F. The Balaban J connectivity index is 2.84. The number of ether oxygens (including phenoxy) is 1. The normalized spacial score (nSPS) is 12.9. The summed E-state index contributed by atoms with van der Waals surface area (Å²) in [5, 5.41) is 11.5. The van der Waals surface area contributed by atoms with Crippen LogP contribution in [0.3, 0.4) is 0 Å². The molecule has 0 radical (unpaired) electrons. The third-order valence-electron chi connectivity index (χ3n) is 2.91. The summed E-state index contributed by atoms with van der Waals surface area (Å²) in [4.78, 5) is 13.6. The molecule has 0 saturated heterocycles. The van der Waals surface area contributed by atoms with Gasteiger partial charge in [-0.2, -0.15) is 0 Å². The lowest BCUT2D eigenvalue weighted by molar-refractivity contribution is 0.0785. The highest BCUT2D eigenvalue weighted by Crippen LogP contribution is 2.19. The van der Waals surface area contributed by atoms with Crippen LogP contribution in [0, 0.1) is 11.7 Å². The molecular formula is C13H18FN3O3.